The van der Waals surface area contributed by atoms with Gasteiger partial charge >= 0.3 is 0 Å². The largest absolute Gasteiger partial charge is 0.478 e. The van der Waals surface area contributed by atoms with Gasteiger partial charge in [-0.1, -0.05) is 6.07 Å². The number of amides is 1. The number of carbonyl (C=O) groups is 1. The van der Waals surface area contributed by atoms with Gasteiger partial charge in [0.1, 0.15) is 0 Å². The van der Waals surface area contributed by atoms with Crippen LogP contribution in [0, 0.1) is 0 Å². The molecule has 0 aliphatic rings. The number of benzene rings is 1. The van der Waals surface area contributed by atoms with Gasteiger partial charge in [0, 0.05) is 30.5 Å². The van der Waals surface area contributed by atoms with Crippen molar-refractivity contribution < 1.29 is 9.53 Å². The van der Waals surface area contributed by atoms with Crippen LogP contribution in [-0.2, 0) is 6.54 Å². The molecule has 0 fully saturated rings. The Balaban J connectivity index is 1.63. The fraction of sp³-hybridized carbons (Fsp3) is 0.176. The van der Waals surface area contributed by atoms with Crippen LogP contribution >= 0.6 is 0 Å². The Morgan fingerprint density at radius 1 is 1.27 bits per heavy atom. The van der Waals surface area contributed by atoms with E-state index in [4.69, 9.17) is 4.74 Å². The predicted molar refractivity (Wildman–Crippen MR) is 84.9 cm³/mol. The van der Waals surface area contributed by atoms with Crippen molar-refractivity contribution in [1.29, 1.82) is 0 Å². The van der Waals surface area contributed by atoms with Crippen LogP contribution in [0.1, 0.15) is 22.8 Å². The highest BCUT2D eigenvalue weighted by molar-refractivity contribution is 5.93. The summed E-state index contributed by atoms with van der Waals surface area (Å²) in [6, 6.07) is 11.5. The minimum absolute atomic E-state index is 0.148. The molecule has 3 aromatic rings. The maximum absolute atomic E-state index is 12.1. The lowest BCUT2D eigenvalue weighted by atomic mass is 10.1. The van der Waals surface area contributed by atoms with Crippen molar-refractivity contribution >= 4 is 16.8 Å². The first kappa shape index (κ1) is 14.1. The summed E-state index contributed by atoms with van der Waals surface area (Å²) in [5.74, 6) is 0.377. The Labute approximate surface area is 128 Å². The highest BCUT2D eigenvalue weighted by Gasteiger charge is 2.06. The number of fused-ring (bicyclic) bond motifs is 1. The molecule has 0 unspecified atom stereocenters. The van der Waals surface area contributed by atoms with E-state index in [0.717, 1.165) is 16.5 Å². The Bertz CT molecular complexity index is 778. The fourth-order valence-electron chi connectivity index (χ4n) is 2.24. The minimum atomic E-state index is -0.148. The average molecular weight is 295 g/mol. The summed E-state index contributed by atoms with van der Waals surface area (Å²) >= 11 is 0. The number of rotatable bonds is 5. The number of ether oxygens (including phenoxy) is 1. The van der Waals surface area contributed by atoms with E-state index < -0.39 is 0 Å². The Morgan fingerprint density at radius 2 is 2.18 bits per heavy atom. The van der Waals surface area contributed by atoms with Crippen molar-refractivity contribution in [2.45, 2.75) is 13.5 Å². The molecule has 2 N–H and O–H groups in total. The molecule has 2 heterocycles. The van der Waals surface area contributed by atoms with E-state index >= 15 is 0 Å². The van der Waals surface area contributed by atoms with Gasteiger partial charge < -0.3 is 15.0 Å². The maximum atomic E-state index is 12.1. The summed E-state index contributed by atoms with van der Waals surface area (Å²) in [6.45, 7) is 2.93. The van der Waals surface area contributed by atoms with Gasteiger partial charge in [-0.05, 0) is 42.1 Å². The molecule has 0 aliphatic carbocycles. The topological polar surface area (TPSA) is 67.0 Å². The van der Waals surface area contributed by atoms with Crippen molar-refractivity contribution in [3.8, 4) is 5.88 Å². The molecule has 22 heavy (non-hydrogen) atoms. The second-order valence-corrected chi connectivity index (χ2v) is 4.90. The number of hydrogen-bond donors (Lipinski definition) is 2. The standard InChI is InChI=1S/C17H17N3O2/c1-2-22-16-6-4-14(11-19-16)17(21)20-10-12-3-5-15-13(9-12)7-8-18-15/h3-9,11,18H,2,10H2,1H3,(H,20,21). The van der Waals surface area contributed by atoms with Crippen LogP contribution in [-0.4, -0.2) is 22.5 Å². The molecule has 3 rings (SSSR count). The second-order valence-electron chi connectivity index (χ2n) is 4.90. The number of aromatic amines is 1. The summed E-state index contributed by atoms with van der Waals surface area (Å²) < 4.78 is 5.26. The predicted octanol–water partition coefficient (Wildman–Crippen LogP) is 2.89. The van der Waals surface area contributed by atoms with Gasteiger partial charge in [-0.2, -0.15) is 0 Å². The third kappa shape index (κ3) is 3.09. The van der Waals surface area contributed by atoms with Gasteiger partial charge in [-0.3, -0.25) is 4.79 Å². The van der Waals surface area contributed by atoms with Crippen LogP contribution in [0.5, 0.6) is 5.88 Å². The molecule has 0 spiro atoms. The van der Waals surface area contributed by atoms with Crippen LogP contribution < -0.4 is 10.1 Å². The lowest BCUT2D eigenvalue weighted by Gasteiger charge is -2.06. The summed E-state index contributed by atoms with van der Waals surface area (Å²) in [5, 5.41) is 4.03. The number of aromatic nitrogens is 2. The molecule has 2 aromatic heterocycles. The highest BCUT2D eigenvalue weighted by Crippen LogP contribution is 2.14. The zero-order chi connectivity index (χ0) is 15.4. The second kappa shape index (κ2) is 6.30. The number of nitrogens with zero attached hydrogens (tertiary/aromatic N) is 1. The minimum Gasteiger partial charge on any atom is -0.478 e. The Hall–Kier alpha value is -2.82. The molecule has 1 amide bonds. The molecule has 0 radical (unpaired) electrons. The normalized spacial score (nSPS) is 10.6. The summed E-state index contributed by atoms with van der Waals surface area (Å²) in [5.41, 5.74) is 2.66. The Kier molecular flexibility index (Phi) is 4.05. The quantitative estimate of drug-likeness (QED) is 0.760. The molecule has 0 atom stereocenters. The van der Waals surface area contributed by atoms with E-state index in [-0.39, 0.29) is 5.91 Å². The SMILES string of the molecule is CCOc1ccc(C(=O)NCc2ccc3[nH]ccc3c2)cn1. The van der Waals surface area contributed by atoms with Crippen LogP contribution in [0.15, 0.2) is 48.8 Å². The average Bonchev–Trinajstić information content (AvgIpc) is 3.01. The molecular weight excluding hydrogens is 278 g/mol. The third-order valence-electron chi connectivity index (χ3n) is 3.36. The molecule has 5 nitrogen and oxygen atoms in total. The summed E-state index contributed by atoms with van der Waals surface area (Å²) in [4.78, 5) is 19.3. The van der Waals surface area contributed by atoms with E-state index in [0.29, 0.717) is 24.6 Å². The van der Waals surface area contributed by atoms with Crippen molar-refractivity contribution in [3.63, 3.8) is 0 Å². The van der Waals surface area contributed by atoms with Gasteiger partial charge in [0.05, 0.1) is 12.2 Å². The van der Waals surface area contributed by atoms with E-state index in [1.54, 1.807) is 12.1 Å². The number of nitrogens with one attached hydrogen (secondary N) is 2. The van der Waals surface area contributed by atoms with Gasteiger partial charge in [-0.25, -0.2) is 4.98 Å². The van der Waals surface area contributed by atoms with Gasteiger partial charge in [0.15, 0.2) is 0 Å². The summed E-state index contributed by atoms with van der Waals surface area (Å²) in [7, 11) is 0. The zero-order valence-corrected chi connectivity index (χ0v) is 12.3. The van der Waals surface area contributed by atoms with Crippen molar-refractivity contribution in [2.24, 2.45) is 0 Å². The number of carbonyl (C=O) groups excluding carboxylic acids is 1. The van der Waals surface area contributed by atoms with Gasteiger partial charge in [0.25, 0.3) is 5.91 Å². The molecule has 0 bridgehead atoms. The molecule has 112 valence electrons. The van der Waals surface area contributed by atoms with Gasteiger partial charge in [-0.15, -0.1) is 0 Å². The molecule has 5 heteroatoms. The van der Waals surface area contributed by atoms with Crippen LogP contribution in [0.4, 0.5) is 0 Å². The van der Waals surface area contributed by atoms with E-state index in [1.165, 1.54) is 6.20 Å². The molecule has 0 saturated heterocycles. The lowest BCUT2D eigenvalue weighted by Crippen LogP contribution is -2.22. The van der Waals surface area contributed by atoms with Crippen molar-refractivity contribution in [3.05, 3.63) is 59.9 Å². The molecule has 0 aliphatic heterocycles. The molecular formula is C17H17N3O2. The first-order valence-corrected chi connectivity index (χ1v) is 7.19. The first-order chi connectivity index (χ1) is 10.8. The third-order valence-corrected chi connectivity index (χ3v) is 3.36. The molecule has 0 saturated carbocycles. The zero-order valence-electron chi connectivity index (χ0n) is 12.3. The highest BCUT2D eigenvalue weighted by atomic mass is 16.5. The smallest absolute Gasteiger partial charge is 0.253 e. The number of hydrogen-bond acceptors (Lipinski definition) is 3. The van der Waals surface area contributed by atoms with Gasteiger partial charge in [0.2, 0.25) is 5.88 Å². The van der Waals surface area contributed by atoms with E-state index in [1.807, 2.05) is 31.3 Å². The number of pyridine rings is 1. The lowest BCUT2D eigenvalue weighted by molar-refractivity contribution is 0.0950. The number of H-pyrrole nitrogens is 1. The van der Waals surface area contributed by atoms with Crippen LogP contribution in [0.2, 0.25) is 0 Å². The fourth-order valence-corrected chi connectivity index (χ4v) is 2.24. The summed E-state index contributed by atoms with van der Waals surface area (Å²) in [6.07, 6.45) is 3.42. The first-order valence-electron chi connectivity index (χ1n) is 7.19. The van der Waals surface area contributed by atoms with E-state index in [9.17, 15) is 4.79 Å². The van der Waals surface area contributed by atoms with Crippen LogP contribution in [0.3, 0.4) is 0 Å². The van der Waals surface area contributed by atoms with Crippen molar-refractivity contribution in [1.82, 2.24) is 15.3 Å². The van der Waals surface area contributed by atoms with Crippen molar-refractivity contribution in [2.75, 3.05) is 6.61 Å². The molecule has 1 aromatic carbocycles. The van der Waals surface area contributed by atoms with E-state index in [2.05, 4.69) is 21.4 Å². The Morgan fingerprint density at radius 3 is 2.95 bits per heavy atom. The maximum Gasteiger partial charge on any atom is 0.253 e. The van der Waals surface area contributed by atoms with Crippen LogP contribution in [0.25, 0.3) is 10.9 Å². The monoisotopic (exact) mass is 295 g/mol.